The number of aliphatic carboxylic acids is 1. The van der Waals surface area contributed by atoms with Crippen molar-refractivity contribution in [3.8, 4) is 0 Å². The number of hydrogen-bond acceptors (Lipinski definition) is 2. The van der Waals surface area contributed by atoms with Crippen molar-refractivity contribution in [3.05, 3.63) is 29.8 Å². The second-order valence-electron chi connectivity index (χ2n) is 5.23. The zero-order valence-corrected chi connectivity index (χ0v) is 11.4. The van der Waals surface area contributed by atoms with E-state index in [9.17, 15) is 9.59 Å². The second-order valence-corrected chi connectivity index (χ2v) is 5.23. The summed E-state index contributed by atoms with van der Waals surface area (Å²) in [7, 11) is 0. The molecule has 0 atom stereocenters. The van der Waals surface area contributed by atoms with Crippen LogP contribution in [0.1, 0.15) is 31.2 Å². The molecule has 1 saturated carbocycles. The Morgan fingerprint density at radius 1 is 1.30 bits per heavy atom. The number of urea groups is 1. The van der Waals surface area contributed by atoms with Gasteiger partial charge in [0.2, 0.25) is 0 Å². The molecule has 0 bridgehead atoms. The maximum absolute atomic E-state index is 11.7. The number of hydrogen-bond donors (Lipinski definition) is 3. The standard InChI is InChI=1S/C15H20N2O3/c18-14(19)8-7-11-3-2-6-13(9-11)17-15(20)16-10-12-4-1-5-12/h2-3,6,9,12H,1,4-5,7-8,10H2,(H,18,19)(H2,16,17,20). The molecule has 1 aliphatic rings. The van der Waals surface area contributed by atoms with Crippen LogP contribution in [-0.4, -0.2) is 23.7 Å². The summed E-state index contributed by atoms with van der Waals surface area (Å²) in [6.45, 7) is 0.727. The van der Waals surface area contributed by atoms with Crippen LogP contribution in [0, 0.1) is 5.92 Å². The first kappa shape index (κ1) is 14.4. The van der Waals surface area contributed by atoms with Crippen LogP contribution in [0.4, 0.5) is 10.5 Å². The minimum absolute atomic E-state index is 0.0946. The molecule has 2 rings (SSSR count). The number of carbonyl (C=O) groups is 2. The lowest BCUT2D eigenvalue weighted by molar-refractivity contribution is -0.136. The summed E-state index contributed by atoms with van der Waals surface area (Å²) in [4.78, 5) is 22.3. The quantitative estimate of drug-likeness (QED) is 0.747. The fourth-order valence-electron chi connectivity index (χ4n) is 2.17. The van der Waals surface area contributed by atoms with Crippen LogP contribution >= 0.6 is 0 Å². The summed E-state index contributed by atoms with van der Waals surface area (Å²) in [6.07, 6.45) is 4.22. The number of carboxylic acid groups (broad SMARTS) is 1. The van der Waals surface area contributed by atoms with Gasteiger partial charge in [-0.1, -0.05) is 18.6 Å². The third-order valence-corrected chi connectivity index (χ3v) is 3.59. The normalized spacial score (nSPS) is 14.4. The molecule has 5 nitrogen and oxygen atoms in total. The van der Waals surface area contributed by atoms with Gasteiger partial charge in [-0.05, 0) is 42.9 Å². The molecule has 1 fully saturated rings. The summed E-state index contributed by atoms with van der Waals surface area (Å²) in [5.74, 6) is -0.191. The van der Waals surface area contributed by atoms with E-state index in [1.165, 1.54) is 19.3 Å². The Morgan fingerprint density at radius 2 is 2.10 bits per heavy atom. The van der Waals surface area contributed by atoms with Gasteiger partial charge in [0.05, 0.1) is 0 Å². The van der Waals surface area contributed by atoms with Crippen molar-refractivity contribution in [2.24, 2.45) is 5.92 Å². The Bertz CT molecular complexity index is 484. The van der Waals surface area contributed by atoms with Gasteiger partial charge >= 0.3 is 12.0 Å². The molecule has 108 valence electrons. The maximum atomic E-state index is 11.7. The molecular formula is C15H20N2O3. The summed E-state index contributed by atoms with van der Waals surface area (Å²) < 4.78 is 0. The van der Waals surface area contributed by atoms with E-state index in [1.807, 2.05) is 18.2 Å². The van der Waals surface area contributed by atoms with Gasteiger partial charge in [0.25, 0.3) is 0 Å². The Kier molecular flexibility index (Phi) is 4.98. The molecule has 0 aliphatic heterocycles. The smallest absolute Gasteiger partial charge is 0.319 e. The topological polar surface area (TPSA) is 78.4 Å². The number of aryl methyl sites for hydroxylation is 1. The minimum Gasteiger partial charge on any atom is -0.481 e. The van der Waals surface area contributed by atoms with Gasteiger partial charge in [0.1, 0.15) is 0 Å². The number of carbonyl (C=O) groups excluding carboxylic acids is 1. The van der Waals surface area contributed by atoms with E-state index in [4.69, 9.17) is 5.11 Å². The second kappa shape index (κ2) is 6.93. The van der Waals surface area contributed by atoms with Crippen LogP contribution in [0.25, 0.3) is 0 Å². The molecule has 2 amide bonds. The minimum atomic E-state index is -0.818. The number of amides is 2. The predicted octanol–water partition coefficient (Wildman–Crippen LogP) is 2.63. The van der Waals surface area contributed by atoms with Crippen LogP contribution in [0.15, 0.2) is 24.3 Å². The number of nitrogens with one attached hydrogen (secondary N) is 2. The van der Waals surface area contributed by atoms with Crippen molar-refractivity contribution in [2.75, 3.05) is 11.9 Å². The zero-order valence-electron chi connectivity index (χ0n) is 11.4. The zero-order chi connectivity index (χ0) is 14.4. The molecule has 0 heterocycles. The van der Waals surface area contributed by atoms with E-state index in [0.29, 0.717) is 18.0 Å². The first-order valence-corrected chi connectivity index (χ1v) is 6.99. The summed E-state index contributed by atoms with van der Waals surface area (Å²) in [5.41, 5.74) is 1.60. The monoisotopic (exact) mass is 276 g/mol. The predicted molar refractivity (Wildman–Crippen MR) is 76.8 cm³/mol. The fourth-order valence-corrected chi connectivity index (χ4v) is 2.17. The molecule has 1 aliphatic carbocycles. The molecule has 0 saturated heterocycles. The van der Waals surface area contributed by atoms with E-state index in [1.54, 1.807) is 6.07 Å². The molecule has 1 aromatic carbocycles. The van der Waals surface area contributed by atoms with Gasteiger partial charge in [-0.3, -0.25) is 4.79 Å². The first-order valence-electron chi connectivity index (χ1n) is 6.99. The highest BCUT2D eigenvalue weighted by Gasteiger charge is 2.17. The molecule has 0 spiro atoms. The van der Waals surface area contributed by atoms with Crippen molar-refractivity contribution in [3.63, 3.8) is 0 Å². The Morgan fingerprint density at radius 3 is 2.75 bits per heavy atom. The third-order valence-electron chi connectivity index (χ3n) is 3.59. The number of rotatable bonds is 6. The number of benzene rings is 1. The lowest BCUT2D eigenvalue weighted by atomic mass is 9.85. The molecule has 0 radical (unpaired) electrons. The Balaban J connectivity index is 1.80. The molecule has 0 unspecified atom stereocenters. The lowest BCUT2D eigenvalue weighted by Crippen LogP contribution is -2.35. The van der Waals surface area contributed by atoms with Crippen LogP contribution in [-0.2, 0) is 11.2 Å². The van der Waals surface area contributed by atoms with Crippen molar-refractivity contribution in [2.45, 2.75) is 32.1 Å². The van der Waals surface area contributed by atoms with Gasteiger partial charge in [0.15, 0.2) is 0 Å². The van der Waals surface area contributed by atoms with Gasteiger partial charge in [-0.15, -0.1) is 0 Å². The molecular weight excluding hydrogens is 256 g/mol. The summed E-state index contributed by atoms with van der Waals surface area (Å²) in [5, 5.41) is 14.3. The maximum Gasteiger partial charge on any atom is 0.319 e. The van der Waals surface area contributed by atoms with Crippen LogP contribution in [0.3, 0.4) is 0 Å². The first-order chi connectivity index (χ1) is 9.63. The van der Waals surface area contributed by atoms with Crippen molar-refractivity contribution in [1.82, 2.24) is 5.32 Å². The molecule has 1 aromatic rings. The van der Waals surface area contributed by atoms with Gasteiger partial charge in [-0.2, -0.15) is 0 Å². The largest absolute Gasteiger partial charge is 0.481 e. The van der Waals surface area contributed by atoms with Gasteiger partial charge < -0.3 is 15.7 Å². The van der Waals surface area contributed by atoms with E-state index in [-0.39, 0.29) is 12.5 Å². The van der Waals surface area contributed by atoms with Gasteiger partial charge in [-0.25, -0.2) is 4.79 Å². The lowest BCUT2D eigenvalue weighted by Gasteiger charge is -2.25. The van der Waals surface area contributed by atoms with Crippen LogP contribution < -0.4 is 10.6 Å². The van der Waals surface area contributed by atoms with Gasteiger partial charge in [0, 0.05) is 18.7 Å². The fraction of sp³-hybridized carbons (Fsp3) is 0.467. The van der Waals surface area contributed by atoms with E-state index >= 15 is 0 Å². The SMILES string of the molecule is O=C(O)CCc1cccc(NC(=O)NCC2CCC2)c1. The van der Waals surface area contributed by atoms with Crippen LogP contribution in [0.2, 0.25) is 0 Å². The average molecular weight is 276 g/mol. The Hall–Kier alpha value is -2.04. The van der Waals surface area contributed by atoms with Crippen molar-refractivity contribution < 1.29 is 14.7 Å². The molecule has 5 heteroatoms. The van der Waals surface area contributed by atoms with E-state index in [2.05, 4.69) is 10.6 Å². The third kappa shape index (κ3) is 4.57. The number of anilines is 1. The average Bonchev–Trinajstić information content (AvgIpc) is 2.35. The van der Waals surface area contributed by atoms with E-state index in [0.717, 1.165) is 12.1 Å². The van der Waals surface area contributed by atoms with E-state index < -0.39 is 5.97 Å². The number of carboxylic acids is 1. The van der Waals surface area contributed by atoms with Crippen LogP contribution in [0.5, 0.6) is 0 Å². The highest BCUT2D eigenvalue weighted by atomic mass is 16.4. The Labute approximate surface area is 118 Å². The van der Waals surface area contributed by atoms with Crippen molar-refractivity contribution >= 4 is 17.7 Å². The van der Waals surface area contributed by atoms with Crippen molar-refractivity contribution in [1.29, 1.82) is 0 Å². The highest BCUT2D eigenvalue weighted by molar-refractivity contribution is 5.89. The molecule has 3 N–H and O–H groups in total. The summed E-state index contributed by atoms with van der Waals surface area (Å²) >= 11 is 0. The summed E-state index contributed by atoms with van der Waals surface area (Å²) in [6, 6.07) is 7.09. The highest BCUT2D eigenvalue weighted by Crippen LogP contribution is 2.25. The molecule has 20 heavy (non-hydrogen) atoms. The molecule has 0 aromatic heterocycles.